The Balaban J connectivity index is 4.18. The second-order valence-electron chi connectivity index (χ2n) is 5.51. The quantitative estimate of drug-likeness (QED) is 0.624. The Morgan fingerprint density at radius 3 is 1.20 bits per heavy atom. The van der Waals surface area contributed by atoms with E-state index in [1.807, 2.05) is 0 Å². The van der Waals surface area contributed by atoms with Gasteiger partial charge >= 0.3 is 0 Å². The lowest BCUT2D eigenvalue weighted by atomic mass is 11.8. The fourth-order valence-corrected chi connectivity index (χ4v) is 9.86. The van der Waals surface area contributed by atoms with Crippen LogP contribution in [0, 0.1) is 0 Å². The molecular weight excluding hydrogens is 162 g/mol. The third kappa shape index (κ3) is 8.66. The van der Waals surface area contributed by atoms with Crippen molar-refractivity contribution in [2.75, 3.05) is 43.8 Å². The maximum absolute atomic E-state index is 3.75. The van der Waals surface area contributed by atoms with Crippen LogP contribution in [-0.4, -0.2) is 43.8 Å². The predicted octanol–water partition coefficient (Wildman–Crippen LogP) is 1.69. The highest BCUT2D eigenvalue weighted by Crippen LogP contribution is 2.57. The molecule has 0 saturated carbocycles. The van der Waals surface area contributed by atoms with Crippen LogP contribution in [-0.2, 0) is 0 Å². The van der Waals surface area contributed by atoms with Gasteiger partial charge in [0.25, 0.3) is 0 Å². The number of thiol groups is 1. The number of hydrogen-bond donors (Lipinski definition) is 2. The van der Waals surface area contributed by atoms with Gasteiger partial charge in [0.15, 0.2) is 0 Å². The SMILES string of the molecule is CS(C)(C)N[SH](C)(C)(C)C. The highest BCUT2D eigenvalue weighted by molar-refractivity contribution is 8.54. The summed E-state index contributed by atoms with van der Waals surface area (Å²) in [5, 5.41) is 0. The van der Waals surface area contributed by atoms with E-state index in [-0.39, 0.29) is 0 Å². The van der Waals surface area contributed by atoms with Gasteiger partial charge in [0.1, 0.15) is 0 Å². The van der Waals surface area contributed by atoms with Crippen molar-refractivity contribution < 1.29 is 0 Å². The smallest absolute Gasteiger partial charge is 0.0224 e. The lowest BCUT2D eigenvalue weighted by molar-refractivity contribution is 1.54. The van der Waals surface area contributed by atoms with Gasteiger partial charge in [-0.1, -0.05) is 0 Å². The number of nitrogens with one attached hydrogen (secondary N) is 1. The molecule has 0 aromatic rings. The molecule has 0 rings (SSSR count). The van der Waals surface area contributed by atoms with Crippen molar-refractivity contribution in [3.05, 3.63) is 0 Å². The normalized spacial score (nSPS) is 19.7. The molecule has 0 amide bonds. The van der Waals surface area contributed by atoms with Crippen molar-refractivity contribution in [1.29, 1.82) is 0 Å². The second-order valence-corrected chi connectivity index (χ2v) is 17.1. The summed E-state index contributed by atoms with van der Waals surface area (Å²) < 4.78 is 3.75. The van der Waals surface area contributed by atoms with Crippen LogP contribution < -0.4 is 4.13 Å². The molecular formula is C7H23NS2. The fourth-order valence-electron chi connectivity index (χ4n) is 1.10. The van der Waals surface area contributed by atoms with Crippen molar-refractivity contribution in [2.24, 2.45) is 0 Å². The van der Waals surface area contributed by atoms with Gasteiger partial charge in [-0.3, -0.25) is 4.13 Å². The van der Waals surface area contributed by atoms with Crippen LogP contribution in [0.4, 0.5) is 0 Å². The third-order valence-corrected chi connectivity index (χ3v) is 5.75. The Morgan fingerprint density at radius 2 is 1.20 bits per heavy atom. The molecule has 1 nitrogen and oxygen atoms in total. The van der Waals surface area contributed by atoms with E-state index in [0.717, 1.165) is 0 Å². The zero-order chi connectivity index (χ0) is 8.65. The second kappa shape index (κ2) is 2.32. The summed E-state index contributed by atoms with van der Waals surface area (Å²) in [5.41, 5.74) is 0. The Labute approximate surface area is 67.8 Å². The first kappa shape index (κ1) is 10.7. The molecule has 0 fully saturated rings. The van der Waals surface area contributed by atoms with Crippen LogP contribution in [0.15, 0.2) is 0 Å². The first-order valence-corrected chi connectivity index (χ1v) is 10.3. The van der Waals surface area contributed by atoms with Gasteiger partial charge in [-0.2, -0.15) is 10.2 Å². The molecule has 0 heterocycles. The van der Waals surface area contributed by atoms with E-state index in [0.29, 0.717) is 0 Å². The average Bonchev–Trinajstić information content (AvgIpc) is 1.09. The molecule has 0 aromatic carbocycles. The molecule has 0 bridgehead atoms. The van der Waals surface area contributed by atoms with E-state index in [9.17, 15) is 0 Å². The lowest BCUT2D eigenvalue weighted by Gasteiger charge is -2.54. The molecule has 68 valence electrons. The van der Waals surface area contributed by atoms with E-state index in [4.69, 9.17) is 0 Å². The molecule has 10 heavy (non-hydrogen) atoms. The molecule has 0 aromatic heterocycles. The summed E-state index contributed by atoms with van der Waals surface area (Å²) in [5.74, 6) is 0. The van der Waals surface area contributed by atoms with Gasteiger partial charge in [-0.05, 0) is 43.8 Å². The van der Waals surface area contributed by atoms with E-state index in [2.05, 4.69) is 47.9 Å². The minimum absolute atomic E-state index is 0.532. The summed E-state index contributed by atoms with van der Waals surface area (Å²) in [4.78, 5) is 0. The first-order valence-electron chi connectivity index (χ1n) is 3.44. The van der Waals surface area contributed by atoms with Crippen molar-refractivity contribution >= 4 is 19.6 Å². The summed E-state index contributed by atoms with van der Waals surface area (Å²) in [6, 6.07) is 0. The minimum Gasteiger partial charge on any atom is -0.261 e. The van der Waals surface area contributed by atoms with Gasteiger partial charge in [0.2, 0.25) is 0 Å². The Bertz CT molecular complexity index is 118. The van der Waals surface area contributed by atoms with Crippen LogP contribution in [0.3, 0.4) is 0 Å². The van der Waals surface area contributed by atoms with Gasteiger partial charge < -0.3 is 0 Å². The molecule has 0 aliphatic carbocycles. The van der Waals surface area contributed by atoms with Gasteiger partial charge in [0, 0.05) is 0 Å². The molecule has 0 unspecified atom stereocenters. The van der Waals surface area contributed by atoms with Crippen LogP contribution in [0.5, 0.6) is 0 Å². The van der Waals surface area contributed by atoms with Crippen LogP contribution >= 0.6 is 19.6 Å². The van der Waals surface area contributed by atoms with Gasteiger partial charge in [0.05, 0.1) is 0 Å². The standard InChI is InChI=1S/C7H23NS2/c1-9(2,3)8-10(4,5,6)7/h8,10H,1-7H3. The largest absolute Gasteiger partial charge is 0.261 e. The maximum Gasteiger partial charge on any atom is -0.0224 e. The topological polar surface area (TPSA) is 12.0 Å². The molecule has 0 aliphatic heterocycles. The van der Waals surface area contributed by atoms with Crippen molar-refractivity contribution in [3.8, 4) is 0 Å². The average molecular weight is 185 g/mol. The molecule has 1 N–H and O–H groups in total. The van der Waals surface area contributed by atoms with Gasteiger partial charge in [-0.15, -0.1) is 0 Å². The Kier molecular flexibility index (Phi) is 2.48. The molecule has 0 radical (unpaired) electrons. The number of rotatable bonds is 2. The van der Waals surface area contributed by atoms with Crippen molar-refractivity contribution in [1.82, 2.24) is 4.13 Å². The lowest BCUT2D eigenvalue weighted by Crippen LogP contribution is -2.31. The van der Waals surface area contributed by atoms with Crippen LogP contribution in [0.2, 0.25) is 0 Å². The van der Waals surface area contributed by atoms with E-state index in [1.54, 1.807) is 0 Å². The van der Waals surface area contributed by atoms with E-state index < -0.39 is 19.6 Å². The summed E-state index contributed by atoms with van der Waals surface area (Å²) in [7, 11) is -1.99. The van der Waals surface area contributed by atoms with Crippen molar-refractivity contribution in [2.45, 2.75) is 0 Å². The third-order valence-electron chi connectivity index (χ3n) is 0.639. The Hall–Kier alpha value is 0.660. The summed E-state index contributed by atoms with van der Waals surface area (Å²) in [6.07, 6.45) is 16.3. The highest BCUT2D eigenvalue weighted by Gasteiger charge is 2.21. The number of hydrogen-bond acceptors (Lipinski definition) is 1. The van der Waals surface area contributed by atoms with Crippen molar-refractivity contribution in [3.63, 3.8) is 0 Å². The van der Waals surface area contributed by atoms with Crippen LogP contribution in [0.25, 0.3) is 0 Å². The van der Waals surface area contributed by atoms with E-state index in [1.165, 1.54) is 0 Å². The maximum atomic E-state index is 3.75. The molecule has 0 atom stereocenters. The first-order chi connectivity index (χ1) is 3.96. The van der Waals surface area contributed by atoms with Gasteiger partial charge in [-0.25, -0.2) is 9.35 Å². The highest BCUT2D eigenvalue weighted by atomic mass is 32.4. The Morgan fingerprint density at radius 1 is 0.900 bits per heavy atom. The summed E-state index contributed by atoms with van der Waals surface area (Å²) >= 11 is 0. The molecule has 3 heteroatoms. The predicted molar refractivity (Wildman–Crippen MR) is 61.2 cm³/mol. The van der Waals surface area contributed by atoms with Crippen LogP contribution in [0.1, 0.15) is 0 Å². The molecule has 0 saturated heterocycles. The minimum atomic E-state index is -1.46. The fraction of sp³-hybridized carbons (Fsp3) is 1.00. The zero-order valence-electron chi connectivity index (χ0n) is 8.36. The zero-order valence-corrected chi connectivity index (χ0v) is 10.1. The summed E-state index contributed by atoms with van der Waals surface area (Å²) in [6.45, 7) is 0. The molecule has 0 aliphatic rings. The monoisotopic (exact) mass is 185 g/mol. The van der Waals surface area contributed by atoms with E-state index >= 15 is 0 Å². The molecule has 0 spiro atoms.